The quantitative estimate of drug-likeness (QED) is 0.659. The number of piperidine rings is 1. The summed E-state index contributed by atoms with van der Waals surface area (Å²) < 4.78 is 26.3. The van der Waals surface area contributed by atoms with Gasteiger partial charge in [-0.1, -0.05) is 23.2 Å². The summed E-state index contributed by atoms with van der Waals surface area (Å²) >= 11 is 11.9. The fourth-order valence-corrected chi connectivity index (χ4v) is 5.17. The van der Waals surface area contributed by atoms with Crippen molar-refractivity contribution >= 4 is 39.1 Å². The molecule has 1 aliphatic carbocycles. The summed E-state index contributed by atoms with van der Waals surface area (Å²) in [7, 11) is -3.09. The predicted octanol–water partition coefficient (Wildman–Crippen LogP) is 2.52. The van der Waals surface area contributed by atoms with E-state index in [2.05, 4.69) is 14.9 Å². The lowest BCUT2D eigenvalue weighted by Crippen LogP contribution is -2.42. The summed E-state index contributed by atoms with van der Waals surface area (Å²) in [5, 5.41) is 3.67. The lowest BCUT2D eigenvalue weighted by molar-refractivity contribution is 0.0936. The molecule has 0 bridgehead atoms. The zero-order valence-electron chi connectivity index (χ0n) is 15.1. The van der Waals surface area contributed by atoms with Crippen molar-refractivity contribution in [3.63, 3.8) is 0 Å². The van der Waals surface area contributed by atoms with Crippen molar-refractivity contribution < 1.29 is 13.2 Å². The van der Waals surface area contributed by atoms with Crippen LogP contribution >= 0.6 is 23.2 Å². The highest BCUT2D eigenvalue weighted by Gasteiger charge is 2.35. The molecule has 0 atom stereocenters. The van der Waals surface area contributed by atoms with Gasteiger partial charge in [-0.25, -0.2) is 13.1 Å². The highest BCUT2D eigenvalue weighted by molar-refractivity contribution is 7.90. The van der Waals surface area contributed by atoms with Crippen molar-refractivity contribution in [2.24, 2.45) is 5.92 Å². The average molecular weight is 434 g/mol. The van der Waals surface area contributed by atoms with Crippen molar-refractivity contribution in [3.05, 3.63) is 33.8 Å². The molecule has 0 unspecified atom stereocenters. The molecular weight excluding hydrogens is 409 g/mol. The minimum absolute atomic E-state index is 0.166. The van der Waals surface area contributed by atoms with Crippen LogP contribution in [-0.2, 0) is 10.0 Å². The number of nitrogens with zero attached hydrogens (tertiary/aromatic N) is 1. The van der Waals surface area contributed by atoms with Gasteiger partial charge in [0.25, 0.3) is 5.91 Å². The molecule has 9 heteroatoms. The van der Waals surface area contributed by atoms with E-state index in [1.807, 2.05) is 0 Å². The van der Waals surface area contributed by atoms with E-state index in [9.17, 15) is 13.2 Å². The van der Waals surface area contributed by atoms with Crippen molar-refractivity contribution in [3.8, 4) is 0 Å². The molecule has 3 rings (SSSR count). The minimum Gasteiger partial charge on any atom is -0.352 e. The van der Waals surface area contributed by atoms with Gasteiger partial charge in [-0.05, 0) is 62.9 Å². The molecule has 1 amide bonds. The molecule has 1 aliphatic heterocycles. The van der Waals surface area contributed by atoms with Crippen LogP contribution in [0.3, 0.4) is 0 Å². The largest absolute Gasteiger partial charge is 0.352 e. The lowest BCUT2D eigenvalue weighted by Gasteiger charge is -2.32. The molecule has 1 aromatic rings. The Morgan fingerprint density at radius 1 is 1.07 bits per heavy atom. The van der Waals surface area contributed by atoms with Gasteiger partial charge in [0.2, 0.25) is 10.0 Å². The van der Waals surface area contributed by atoms with Crippen molar-refractivity contribution in [1.29, 1.82) is 0 Å². The number of benzene rings is 1. The van der Waals surface area contributed by atoms with E-state index in [-0.39, 0.29) is 11.2 Å². The molecule has 150 valence electrons. The Morgan fingerprint density at radius 3 is 2.30 bits per heavy atom. The summed E-state index contributed by atoms with van der Waals surface area (Å²) in [6.45, 7) is 3.64. The van der Waals surface area contributed by atoms with E-state index in [1.165, 1.54) is 0 Å². The molecule has 1 aromatic carbocycles. The predicted molar refractivity (Wildman–Crippen MR) is 108 cm³/mol. The number of carbonyl (C=O) groups excluding carboxylic acids is 1. The zero-order chi connectivity index (χ0) is 19.4. The Kier molecular flexibility index (Phi) is 7.03. The maximum absolute atomic E-state index is 12.2. The molecule has 0 spiro atoms. The number of nitrogens with one attached hydrogen (secondary N) is 2. The third-order valence-electron chi connectivity index (χ3n) is 5.08. The highest BCUT2D eigenvalue weighted by Crippen LogP contribution is 2.27. The van der Waals surface area contributed by atoms with E-state index >= 15 is 0 Å². The minimum atomic E-state index is -3.09. The van der Waals surface area contributed by atoms with Crippen molar-refractivity contribution in [1.82, 2.24) is 14.9 Å². The first kappa shape index (κ1) is 20.9. The van der Waals surface area contributed by atoms with Crippen LogP contribution in [0.5, 0.6) is 0 Å². The topological polar surface area (TPSA) is 78.5 Å². The molecule has 6 nitrogen and oxygen atoms in total. The van der Waals surface area contributed by atoms with Crippen molar-refractivity contribution in [2.45, 2.75) is 30.9 Å². The van der Waals surface area contributed by atoms with Crippen molar-refractivity contribution in [2.75, 3.05) is 32.7 Å². The molecule has 27 heavy (non-hydrogen) atoms. The number of amides is 1. The zero-order valence-corrected chi connectivity index (χ0v) is 17.4. The lowest BCUT2D eigenvalue weighted by atomic mass is 9.96. The van der Waals surface area contributed by atoms with E-state index < -0.39 is 10.0 Å². The van der Waals surface area contributed by atoms with E-state index in [1.54, 1.807) is 18.2 Å². The van der Waals surface area contributed by atoms with E-state index in [0.29, 0.717) is 34.6 Å². The number of halogens is 2. The van der Waals surface area contributed by atoms with E-state index in [4.69, 9.17) is 23.2 Å². The fourth-order valence-electron chi connectivity index (χ4n) is 3.28. The third kappa shape index (κ3) is 6.32. The molecule has 1 heterocycles. The summed E-state index contributed by atoms with van der Waals surface area (Å²) in [5.41, 5.74) is 0.466. The molecule has 2 N–H and O–H groups in total. The Morgan fingerprint density at radius 2 is 1.70 bits per heavy atom. The number of hydrogen-bond acceptors (Lipinski definition) is 4. The Bertz CT molecular complexity index is 756. The van der Waals surface area contributed by atoms with Gasteiger partial charge in [-0.2, -0.15) is 0 Å². The summed E-state index contributed by atoms with van der Waals surface area (Å²) in [5.74, 6) is 0.249. The fraction of sp³-hybridized carbons (Fsp3) is 0.611. The summed E-state index contributed by atoms with van der Waals surface area (Å²) in [6.07, 6.45) is 3.53. The second kappa shape index (κ2) is 9.09. The molecule has 2 fully saturated rings. The van der Waals surface area contributed by atoms with Gasteiger partial charge in [0, 0.05) is 35.2 Å². The maximum Gasteiger partial charge on any atom is 0.251 e. The van der Waals surface area contributed by atoms with Crippen LogP contribution in [-0.4, -0.2) is 57.2 Å². The van der Waals surface area contributed by atoms with Crippen LogP contribution < -0.4 is 10.0 Å². The standard InChI is InChI=1S/C18H25Cl2N3O3S/c19-15-9-14(10-16(20)11-15)18(24)21-12-13-3-6-23(7-4-13)8-5-22-27(25,26)17-1-2-17/h9-11,13,17,22H,1-8,12H2,(H,21,24). The smallest absolute Gasteiger partial charge is 0.251 e. The van der Waals surface area contributed by atoms with Gasteiger partial charge >= 0.3 is 0 Å². The molecule has 1 saturated heterocycles. The average Bonchev–Trinajstić information content (AvgIpc) is 3.45. The Labute approximate surface area is 170 Å². The molecule has 1 saturated carbocycles. The van der Waals surface area contributed by atoms with Crippen LogP contribution in [0.2, 0.25) is 10.0 Å². The van der Waals surface area contributed by atoms with Gasteiger partial charge in [-0.15, -0.1) is 0 Å². The van der Waals surface area contributed by atoms with Crippen LogP contribution in [0, 0.1) is 5.92 Å². The first-order valence-corrected chi connectivity index (χ1v) is 11.6. The summed E-state index contributed by atoms with van der Waals surface area (Å²) in [4.78, 5) is 14.5. The molecule has 0 radical (unpaired) electrons. The second-order valence-electron chi connectivity index (χ2n) is 7.29. The molecule has 0 aromatic heterocycles. The molecular formula is C18H25Cl2N3O3S. The molecule has 2 aliphatic rings. The number of carbonyl (C=O) groups is 1. The number of rotatable bonds is 8. The van der Waals surface area contributed by atoms with Gasteiger partial charge in [0.1, 0.15) is 0 Å². The monoisotopic (exact) mass is 433 g/mol. The Hall–Kier alpha value is -0.860. The van der Waals surface area contributed by atoms with Crippen LogP contribution in [0.4, 0.5) is 0 Å². The van der Waals surface area contributed by atoms with Crippen LogP contribution in [0.1, 0.15) is 36.0 Å². The summed E-state index contributed by atoms with van der Waals surface area (Å²) in [6, 6.07) is 4.81. The van der Waals surface area contributed by atoms with Gasteiger partial charge < -0.3 is 10.2 Å². The highest BCUT2D eigenvalue weighted by atomic mass is 35.5. The number of hydrogen-bond donors (Lipinski definition) is 2. The number of sulfonamides is 1. The number of likely N-dealkylation sites (tertiary alicyclic amines) is 1. The normalized spacial score (nSPS) is 19.2. The van der Waals surface area contributed by atoms with Gasteiger partial charge in [0.05, 0.1) is 5.25 Å². The van der Waals surface area contributed by atoms with Gasteiger partial charge in [-0.3, -0.25) is 4.79 Å². The van der Waals surface area contributed by atoms with Crippen LogP contribution in [0.15, 0.2) is 18.2 Å². The third-order valence-corrected chi connectivity index (χ3v) is 7.47. The Balaban J connectivity index is 1.35. The van der Waals surface area contributed by atoms with Gasteiger partial charge in [0.15, 0.2) is 0 Å². The first-order chi connectivity index (χ1) is 12.8. The van der Waals surface area contributed by atoms with Crippen LogP contribution in [0.25, 0.3) is 0 Å². The maximum atomic E-state index is 12.2. The van der Waals surface area contributed by atoms with E-state index in [0.717, 1.165) is 45.3 Å². The SMILES string of the molecule is O=C(NCC1CCN(CCNS(=O)(=O)C2CC2)CC1)c1cc(Cl)cc(Cl)c1. The second-order valence-corrected chi connectivity index (χ2v) is 10.2. The first-order valence-electron chi connectivity index (χ1n) is 9.28.